The molecule has 0 aliphatic carbocycles. The number of hydrogen-bond acceptors (Lipinski definition) is 5. The van der Waals surface area contributed by atoms with Crippen LogP contribution in [0.3, 0.4) is 0 Å². The predicted molar refractivity (Wildman–Crippen MR) is 120 cm³/mol. The number of sulfonamides is 1. The first-order valence-corrected chi connectivity index (χ1v) is 11.8. The lowest BCUT2D eigenvalue weighted by Crippen LogP contribution is -2.29. The summed E-state index contributed by atoms with van der Waals surface area (Å²) in [5.41, 5.74) is 2.79. The lowest BCUT2D eigenvalue weighted by molar-refractivity contribution is -0.384. The number of aromatic amines is 1. The zero-order valence-corrected chi connectivity index (χ0v) is 18.5. The Bertz CT molecular complexity index is 1160. The van der Waals surface area contributed by atoms with Gasteiger partial charge in [-0.2, -0.15) is 5.10 Å². The number of H-pyrrole nitrogens is 1. The topological polar surface area (TPSA) is 109 Å². The van der Waals surface area contributed by atoms with Gasteiger partial charge in [-0.3, -0.25) is 15.2 Å². The zero-order chi connectivity index (χ0) is 23.1. The third-order valence-corrected chi connectivity index (χ3v) is 6.97. The molecule has 0 aliphatic rings. The summed E-state index contributed by atoms with van der Waals surface area (Å²) in [6.45, 7) is 0.396. The summed E-state index contributed by atoms with van der Waals surface area (Å²) in [6.07, 6.45) is 3.18. The molecule has 0 saturated heterocycles. The normalized spacial score (nSPS) is 11.7. The van der Waals surface area contributed by atoms with Crippen molar-refractivity contribution < 1.29 is 17.7 Å². The van der Waals surface area contributed by atoms with Gasteiger partial charge in [0.25, 0.3) is 5.69 Å². The van der Waals surface area contributed by atoms with E-state index in [1.807, 2.05) is 6.07 Å². The highest BCUT2D eigenvalue weighted by Gasteiger charge is 2.18. The number of nitrogens with zero attached hydrogens (tertiary/aromatic N) is 3. The van der Waals surface area contributed by atoms with E-state index in [2.05, 4.69) is 10.2 Å². The minimum atomic E-state index is -3.50. The molecule has 8 nitrogen and oxygen atoms in total. The molecule has 0 fully saturated rings. The van der Waals surface area contributed by atoms with Crippen LogP contribution in [0.2, 0.25) is 0 Å². The molecule has 3 aromatic rings. The molecule has 170 valence electrons. The molecule has 10 heteroatoms. The third-order valence-electron chi connectivity index (χ3n) is 5.14. The first-order chi connectivity index (χ1) is 15.2. The SMILES string of the molecule is CN(CCCCCc1cc(-c2cccc(F)c2)n[nH]1)S(=O)(=O)Cc1ccc([N+](=O)[O-])cc1. The van der Waals surface area contributed by atoms with E-state index in [0.29, 0.717) is 29.8 Å². The van der Waals surface area contributed by atoms with Crippen LogP contribution in [0.1, 0.15) is 30.5 Å². The standard InChI is InChI=1S/C22H25FN4O4S/c1-26(32(30,31)16-17-9-11-21(12-10-17)27(28)29)13-4-2-3-8-20-15-22(25-24-20)18-6-5-7-19(23)14-18/h5-7,9-12,14-15H,2-4,8,13,16H2,1H3,(H,24,25). The molecule has 1 heterocycles. The van der Waals surface area contributed by atoms with Crippen LogP contribution in [0.5, 0.6) is 0 Å². The maximum Gasteiger partial charge on any atom is 0.269 e. The van der Waals surface area contributed by atoms with E-state index in [1.165, 1.54) is 40.7 Å². The van der Waals surface area contributed by atoms with Gasteiger partial charge in [0.1, 0.15) is 5.82 Å². The van der Waals surface area contributed by atoms with E-state index in [1.54, 1.807) is 19.2 Å². The smallest absolute Gasteiger partial charge is 0.269 e. The highest BCUT2D eigenvalue weighted by atomic mass is 32.2. The van der Waals surface area contributed by atoms with Crippen LogP contribution in [0.25, 0.3) is 11.3 Å². The number of hydrogen-bond donors (Lipinski definition) is 1. The monoisotopic (exact) mass is 460 g/mol. The van der Waals surface area contributed by atoms with Crippen LogP contribution in [-0.4, -0.2) is 41.4 Å². The van der Waals surface area contributed by atoms with Crippen molar-refractivity contribution in [2.75, 3.05) is 13.6 Å². The second kappa shape index (κ2) is 10.5. The fourth-order valence-electron chi connectivity index (χ4n) is 3.29. The average Bonchev–Trinajstić information content (AvgIpc) is 3.22. The summed E-state index contributed by atoms with van der Waals surface area (Å²) in [6, 6.07) is 13.7. The van der Waals surface area contributed by atoms with Gasteiger partial charge in [0.05, 0.1) is 16.4 Å². The molecular formula is C22H25FN4O4S. The van der Waals surface area contributed by atoms with Gasteiger partial charge >= 0.3 is 0 Å². The minimum absolute atomic E-state index is 0.0696. The van der Waals surface area contributed by atoms with E-state index in [9.17, 15) is 22.9 Å². The summed E-state index contributed by atoms with van der Waals surface area (Å²) in [4.78, 5) is 10.2. The van der Waals surface area contributed by atoms with E-state index in [0.717, 1.165) is 25.0 Å². The van der Waals surface area contributed by atoms with Crippen molar-refractivity contribution >= 4 is 15.7 Å². The van der Waals surface area contributed by atoms with Crippen LogP contribution in [-0.2, 0) is 22.2 Å². The first kappa shape index (κ1) is 23.6. The highest BCUT2D eigenvalue weighted by molar-refractivity contribution is 7.88. The molecular weight excluding hydrogens is 435 g/mol. The number of aromatic nitrogens is 2. The van der Waals surface area contributed by atoms with Crippen LogP contribution in [0.15, 0.2) is 54.6 Å². The molecule has 0 saturated carbocycles. The Morgan fingerprint density at radius 1 is 1.09 bits per heavy atom. The number of nitrogens with one attached hydrogen (secondary N) is 1. The molecule has 1 N–H and O–H groups in total. The van der Waals surface area contributed by atoms with Gasteiger partial charge in [-0.25, -0.2) is 17.1 Å². The van der Waals surface area contributed by atoms with Crippen LogP contribution >= 0.6 is 0 Å². The van der Waals surface area contributed by atoms with Gasteiger partial charge in [-0.15, -0.1) is 0 Å². The average molecular weight is 461 g/mol. The molecule has 0 unspecified atom stereocenters. The number of non-ortho nitro benzene ring substituents is 1. The van der Waals surface area contributed by atoms with Crippen molar-refractivity contribution in [3.8, 4) is 11.3 Å². The Labute approximate surface area is 186 Å². The maximum absolute atomic E-state index is 13.4. The molecule has 0 aliphatic heterocycles. The quantitative estimate of drug-likeness (QED) is 0.261. The van der Waals surface area contributed by atoms with Gasteiger partial charge in [0.2, 0.25) is 10.0 Å². The van der Waals surface area contributed by atoms with Gasteiger partial charge in [-0.05, 0) is 43.0 Å². The second-order valence-corrected chi connectivity index (χ2v) is 9.68. The van der Waals surface area contributed by atoms with Crippen molar-refractivity contribution in [3.63, 3.8) is 0 Å². The van der Waals surface area contributed by atoms with E-state index >= 15 is 0 Å². The number of halogens is 1. The molecule has 0 atom stereocenters. The zero-order valence-electron chi connectivity index (χ0n) is 17.7. The summed E-state index contributed by atoms with van der Waals surface area (Å²) in [7, 11) is -1.96. The highest BCUT2D eigenvalue weighted by Crippen LogP contribution is 2.20. The number of unbranched alkanes of at least 4 members (excludes halogenated alkanes) is 2. The van der Waals surface area contributed by atoms with Crippen molar-refractivity contribution in [3.05, 3.63) is 81.8 Å². The third kappa shape index (κ3) is 6.44. The van der Waals surface area contributed by atoms with Crippen molar-refractivity contribution in [1.29, 1.82) is 0 Å². The Hall–Kier alpha value is -3.11. The van der Waals surface area contributed by atoms with Crippen LogP contribution < -0.4 is 0 Å². The molecule has 0 radical (unpaired) electrons. The number of nitro benzene ring substituents is 1. The molecule has 2 aromatic carbocycles. The lowest BCUT2D eigenvalue weighted by atomic mass is 10.1. The largest absolute Gasteiger partial charge is 0.282 e. The Kier molecular flexibility index (Phi) is 7.70. The fourth-order valence-corrected chi connectivity index (χ4v) is 4.53. The Morgan fingerprint density at radius 3 is 2.53 bits per heavy atom. The number of aryl methyl sites for hydroxylation is 1. The molecule has 0 amide bonds. The molecule has 3 rings (SSSR count). The first-order valence-electron chi connectivity index (χ1n) is 10.2. The molecule has 0 bridgehead atoms. The van der Waals surface area contributed by atoms with Crippen LogP contribution in [0, 0.1) is 15.9 Å². The van der Waals surface area contributed by atoms with Crippen molar-refractivity contribution in [2.45, 2.75) is 31.4 Å². The van der Waals surface area contributed by atoms with Gasteiger partial charge < -0.3 is 0 Å². The fraction of sp³-hybridized carbons (Fsp3) is 0.318. The summed E-state index contributed by atoms with van der Waals surface area (Å²) in [5.74, 6) is -0.502. The van der Waals surface area contributed by atoms with E-state index in [-0.39, 0.29) is 17.3 Å². The predicted octanol–water partition coefficient (Wildman–Crippen LogP) is 4.30. The molecule has 32 heavy (non-hydrogen) atoms. The summed E-state index contributed by atoms with van der Waals surface area (Å²) < 4.78 is 39.7. The van der Waals surface area contributed by atoms with Crippen molar-refractivity contribution in [2.24, 2.45) is 0 Å². The lowest BCUT2D eigenvalue weighted by Gasteiger charge is -2.17. The molecule has 0 spiro atoms. The number of nitro groups is 1. The van der Waals surface area contributed by atoms with Gasteiger partial charge in [0, 0.05) is 37.0 Å². The summed E-state index contributed by atoms with van der Waals surface area (Å²) in [5, 5.41) is 17.9. The van der Waals surface area contributed by atoms with E-state index in [4.69, 9.17) is 0 Å². The van der Waals surface area contributed by atoms with Crippen molar-refractivity contribution in [1.82, 2.24) is 14.5 Å². The van der Waals surface area contributed by atoms with Gasteiger partial charge in [0.15, 0.2) is 0 Å². The Morgan fingerprint density at radius 2 is 1.84 bits per heavy atom. The van der Waals surface area contributed by atoms with Crippen LogP contribution in [0.4, 0.5) is 10.1 Å². The summed E-state index contributed by atoms with van der Waals surface area (Å²) >= 11 is 0. The van der Waals surface area contributed by atoms with Gasteiger partial charge in [-0.1, -0.05) is 30.7 Å². The number of benzene rings is 2. The second-order valence-electron chi connectivity index (χ2n) is 7.60. The van der Waals surface area contributed by atoms with E-state index < -0.39 is 14.9 Å². The maximum atomic E-state index is 13.4. The Balaban J connectivity index is 1.41. The molecule has 1 aromatic heterocycles. The number of rotatable bonds is 11. The minimum Gasteiger partial charge on any atom is -0.282 e.